The number of hydrogen-bond donors (Lipinski definition) is 2. The predicted octanol–water partition coefficient (Wildman–Crippen LogP) is 2.63. The van der Waals surface area contributed by atoms with Gasteiger partial charge in [0.1, 0.15) is 0 Å². The van der Waals surface area contributed by atoms with Crippen molar-refractivity contribution in [3.05, 3.63) is 28.7 Å². The third-order valence-electron chi connectivity index (χ3n) is 2.51. The van der Waals surface area contributed by atoms with Gasteiger partial charge in [0.05, 0.1) is 5.69 Å². The largest absolute Gasteiger partial charge is 0.402 e. The average molecular weight is 219 g/mol. The Morgan fingerprint density at radius 3 is 2.56 bits per heavy atom. The van der Waals surface area contributed by atoms with Gasteiger partial charge in [0.15, 0.2) is 0 Å². The van der Waals surface area contributed by atoms with Gasteiger partial charge in [-0.25, -0.2) is 0 Å². The van der Waals surface area contributed by atoms with Crippen LogP contribution in [-0.4, -0.2) is 4.98 Å². The fraction of sp³-hybridized carbons (Fsp3) is 0.462. The summed E-state index contributed by atoms with van der Waals surface area (Å²) in [6, 6.07) is 1.90. The Bertz CT molecular complexity index is 394. The molecule has 4 N–H and O–H groups in total. The van der Waals surface area contributed by atoms with Gasteiger partial charge >= 0.3 is 0 Å². The van der Waals surface area contributed by atoms with Crippen molar-refractivity contribution in [1.82, 2.24) is 4.98 Å². The van der Waals surface area contributed by atoms with Gasteiger partial charge in [0.25, 0.3) is 0 Å². The standard InChI is InChI=1S/C11H15N3.C2H6/c1-7-5-10(13)9-6-8(12)3-2-4-11(9)14-7;1-2/h5-6H,2-4,12H2,1H3,(H2,13,14);1-2H3. The van der Waals surface area contributed by atoms with Gasteiger partial charge in [0, 0.05) is 22.6 Å². The van der Waals surface area contributed by atoms with E-state index in [9.17, 15) is 0 Å². The SMILES string of the molecule is CC.Cc1cc(N)c2c(n1)CCCC(N)=C2. The summed E-state index contributed by atoms with van der Waals surface area (Å²) in [7, 11) is 0. The number of pyridine rings is 1. The fourth-order valence-electron chi connectivity index (χ4n) is 1.85. The number of allylic oxidation sites excluding steroid dienone is 1. The second-order valence-corrected chi connectivity index (χ2v) is 3.79. The molecule has 0 aromatic carbocycles. The van der Waals surface area contributed by atoms with Gasteiger partial charge in [-0.05, 0) is 38.3 Å². The lowest BCUT2D eigenvalue weighted by atomic mass is 10.1. The number of nitrogens with two attached hydrogens (primary N) is 2. The molecule has 0 aliphatic heterocycles. The molecule has 1 aromatic rings. The number of fused-ring (bicyclic) bond motifs is 1. The van der Waals surface area contributed by atoms with E-state index in [-0.39, 0.29) is 0 Å². The number of hydrogen-bond acceptors (Lipinski definition) is 3. The average Bonchev–Trinajstić information content (AvgIpc) is 2.43. The Kier molecular flexibility index (Phi) is 4.35. The monoisotopic (exact) mass is 219 g/mol. The molecule has 3 nitrogen and oxygen atoms in total. The van der Waals surface area contributed by atoms with Crippen molar-refractivity contribution in [1.29, 1.82) is 0 Å². The van der Waals surface area contributed by atoms with Crippen LogP contribution in [0.1, 0.15) is 43.6 Å². The molecule has 16 heavy (non-hydrogen) atoms. The molecule has 0 bridgehead atoms. The number of nitrogen functional groups attached to an aromatic ring is 1. The zero-order chi connectivity index (χ0) is 12.1. The van der Waals surface area contributed by atoms with E-state index in [1.807, 2.05) is 32.9 Å². The van der Waals surface area contributed by atoms with E-state index in [1.165, 1.54) is 0 Å². The zero-order valence-corrected chi connectivity index (χ0v) is 10.4. The van der Waals surface area contributed by atoms with Crippen molar-refractivity contribution in [2.24, 2.45) is 5.73 Å². The smallest absolute Gasteiger partial charge is 0.0500 e. The molecule has 0 saturated carbocycles. The van der Waals surface area contributed by atoms with Gasteiger partial charge < -0.3 is 11.5 Å². The molecular formula is C13H21N3. The van der Waals surface area contributed by atoms with E-state index in [0.717, 1.165) is 47.6 Å². The summed E-state index contributed by atoms with van der Waals surface area (Å²) in [6.07, 6.45) is 4.93. The van der Waals surface area contributed by atoms with Crippen molar-refractivity contribution in [2.75, 3.05) is 5.73 Å². The number of anilines is 1. The summed E-state index contributed by atoms with van der Waals surface area (Å²) in [5, 5.41) is 0. The topological polar surface area (TPSA) is 64.9 Å². The van der Waals surface area contributed by atoms with Crippen LogP contribution in [0, 0.1) is 6.92 Å². The first-order valence-corrected chi connectivity index (χ1v) is 5.89. The highest BCUT2D eigenvalue weighted by molar-refractivity contribution is 5.68. The highest BCUT2D eigenvalue weighted by Gasteiger charge is 2.11. The highest BCUT2D eigenvalue weighted by atomic mass is 14.7. The number of aryl methyl sites for hydroxylation is 2. The molecule has 1 aromatic heterocycles. The van der Waals surface area contributed by atoms with E-state index >= 15 is 0 Å². The molecule has 1 aliphatic rings. The van der Waals surface area contributed by atoms with Crippen molar-refractivity contribution in [2.45, 2.75) is 40.0 Å². The first-order chi connectivity index (χ1) is 7.66. The third kappa shape index (κ3) is 2.75. The van der Waals surface area contributed by atoms with Crippen molar-refractivity contribution in [3.63, 3.8) is 0 Å². The Morgan fingerprint density at radius 2 is 1.88 bits per heavy atom. The van der Waals surface area contributed by atoms with Crippen LogP contribution in [0.15, 0.2) is 11.8 Å². The fourth-order valence-corrected chi connectivity index (χ4v) is 1.85. The van der Waals surface area contributed by atoms with Gasteiger partial charge in [0.2, 0.25) is 0 Å². The summed E-state index contributed by atoms with van der Waals surface area (Å²) in [5.74, 6) is 0. The maximum Gasteiger partial charge on any atom is 0.0500 e. The summed E-state index contributed by atoms with van der Waals surface area (Å²) >= 11 is 0. The van der Waals surface area contributed by atoms with Crippen LogP contribution in [0.25, 0.3) is 6.08 Å². The maximum atomic E-state index is 5.93. The summed E-state index contributed by atoms with van der Waals surface area (Å²) in [5.41, 5.74) is 16.5. The summed E-state index contributed by atoms with van der Waals surface area (Å²) < 4.78 is 0. The minimum atomic E-state index is 0.789. The lowest BCUT2D eigenvalue weighted by molar-refractivity contribution is 0.795. The van der Waals surface area contributed by atoms with E-state index in [0.29, 0.717) is 0 Å². The predicted molar refractivity (Wildman–Crippen MR) is 69.8 cm³/mol. The Balaban J connectivity index is 0.000000606. The lowest BCUT2D eigenvalue weighted by Crippen LogP contribution is -2.00. The van der Waals surface area contributed by atoms with Crippen LogP contribution >= 0.6 is 0 Å². The van der Waals surface area contributed by atoms with Crippen LogP contribution in [-0.2, 0) is 6.42 Å². The first kappa shape index (κ1) is 12.6. The molecule has 0 radical (unpaired) electrons. The third-order valence-corrected chi connectivity index (χ3v) is 2.51. The van der Waals surface area contributed by atoms with Crippen molar-refractivity contribution in [3.8, 4) is 0 Å². The number of nitrogens with zero attached hydrogens (tertiary/aromatic N) is 1. The Morgan fingerprint density at radius 1 is 1.19 bits per heavy atom. The minimum Gasteiger partial charge on any atom is -0.402 e. The highest BCUT2D eigenvalue weighted by Crippen LogP contribution is 2.24. The molecule has 0 atom stereocenters. The molecule has 0 spiro atoms. The van der Waals surface area contributed by atoms with E-state index in [1.54, 1.807) is 0 Å². The van der Waals surface area contributed by atoms with Crippen LogP contribution in [0.5, 0.6) is 0 Å². The normalized spacial score (nSPS) is 14.1. The lowest BCUT2D eigenvalue weighted by Gasteiger charge is -2.07. The molecule has 3 heteroatoms. The molecule has 1 heterocycles. The molecule has 1 aliphatic carbocycles. The van der Waals surface area contributed by atoms with E-state index in [4.69, 9.17) is 11.5 Å². The molecule has 0 fully saturated rings. The number of aromatic nitrogens is 1. The maximum absolute atomic E-state index is 5.93. The van der Waals surface area contributed by atoms with Gasteiger partial charge in [-0.15, -0.1) is 0 Å². The Labute approximate surface area is 97.6 Å². The molecule has 88 valence electrons. The van der Waals surface area contributed by atoms with E-state index in [2.05, 4.69) is 4.98 Å². The van der Waals surface area contributed by atoms with E-state index < -0.39 is 0 Å². The van der Waals surface area contributed by atoms with Crippen LogP contribution in [0.2, 0.25) is 0 Å². The molecule has 0 saturated heterocycles. The minimum absolute atomic E-state index is 0.789. The van der Waals surface area contributed by atoms with Gasteiger partial charge in [-0.3, -0.25) is 4.98 Å². The van der Waals surface area contributed by atoms with Gasteiger partial charge in [-0.1, -0.05) is 13.8 Å². The molecular weight excluding hydrogens is 198 g/mol. The zero-order valence-electron chi connectivity index (χ0n) is 10.4. The van der Waals surface area contributed by atoms with Crippen molar-refractivity contribution < 1.29 is 0 Å². The molecule has 0 amide bonds. The van der Waals surface area contributed by atoms with Crippen LogP contribution in [0.3, 0.4) is 0 Å². The summed E-state index contributed by atoms with van der Waals surface area (Å²) in [6.45, 7) is 5.97. The summed E-state index contributed by atoms with van der Waals surface area (Å²) in [4.78, 5) is 4.49. The molecule has 0 unspecified atom stereocenters. The molecule has 2 rings (SSSR count). The second kappa shape index (κ2) is 5.54. The van der Waals surface area contributed by atoms with Crippen LogP contribution < -0.4 is 11.5 Å². The van der Waals surface area contributed by atoms with Gasteiger partial charge in [-0.2, -0.15) is 0 Å². The second-order valence-electron chi connectivity index (χ2n) is 3.79. The first-order valence-electron chi connectivity index (χ1n) is 5.89. The number of rotatable bonds is 0. The Hall–Kier alpha value is -1.51. The quantitative estimate of drug-likeness (QED) is 0.705. The van der Waals surface area contributed by atoms with Crippen LogP contribution in [0.4, 0.5) is 5.69 Å². The van der Waals surface area contributed by atoms with Crippen molar-refractivity contribution >= 4 is 11.8 Å².